The zero-order valence-electron chi connectivity index (χ0n) is 9.91. The van der Waals surface area contributed by atoms with Crippen LogP contribution in [0.3, 0.4) is 0 Å². The van der Waals surface area contributed by atoms with E-state index in [1.807, 2.05) is 0 Å². The Morgan fingerprint density at radius 3 is 2.22 bits per heavy atom. The third kappa shape index (κ3) is 3.07. The molecule has 4 heteroatoms. The number of nitrogens with one attached hydrogen (secondary N) is 2. The normalized spacial score (nSPS) is 9.89. The summed E-state index contributed by atoms with van der Waals surface area (Å²) < 4.78 is 13.4. The first-order chi connectivity index (χ1) is 8.65. The molecule has 2 aromatic carbocycles. The van der Waals surface area contributed by atoms with Gasteiger partial charge < -0.3 is 10.6 Å². The standard InChI is InChI=1S/C14H13FN2O/c1-10(18)16-11-6-8-12(9-7-11)17-14-5-3-2-4-13(14)15/h2-9,17H,1H3,(H,16,18). The van der Waals surface area contributed by atoms with Crippen LogP contribution in [0.2, 0.25) is 0 Å². The van der Waals surface area contributed by atoms with Crippen LogP contribution in [0.15, 0.2) is 48.5 Å². The van der Waals surface area contributed by atoms with E-state index in [4.69, 9.17) is 0 Å². The summed E-state index contributed by atoms with van der Waals surface area (Å²) in [5.41, 5.74) is 1.89. The van der Waals surface area contributed by atoms with Crippen LogP contribution < -0.4 is 10.6 Å². The lowest BCUT2D eigenvalue weighted by Crippen LogP contribution is -2.05. The van der Waals surface area contributed by atoms with Crippen LogP contribution >= 0.6 is 0 Å². The predicted octanol–water partition coefficient (Wildman–Crippen LogP) is 3.53. The molecular weight excluding hydrogens is 231 g/mol. The van der Waals surface area contributed by atoms with Crippen molar-refractivity contribution in [1.29, 1.82) is 0 Å². The Labute approximate surface area is 105 Å². The van der Waals surface area contributed by atoms with Gasteiger partial charge in [-0.3, -0.25) is 4.79 Å². The Kier molecular flexibility index (Phi) is 3.57. The Morgan fingerprint density at radius 1 is 1.00 bits per heavy atom. The Hall–Kier alpha value is -2.36. The minimum atomic E-state index is -0.302. The van der Waals surface area contributed by atoms with Crippen LogP contribution in [-0.4, -0.2) is 5.91 Å². The van der Waals surface area contributed by atoms with Gasteiger partial charge in [0.1, 0.15) is 5.82 Å². The summed E-state index contributed by atoms with van der Waals surface area (Å²) in [6.45, 7) is 1.45. The maximum absolute atomic E-state index is 13.4. The van der Waals surface area contributed by atoms with Crippen molar-refractivity contribution in [3.05, 3.63) is 54.3 Å². The summed E-state index contributed by atoms with van der Waals surface area (Å²) in [5.74, 6) is -0.423. The lowest BCUT2D eigenvalue weighted by molar-refractivity contribution is -0.114. The third-order valence-corrected chi connectivity index (χ3v) is 2.36. The maximum Gasteiger partial charge on any atom is 0.221 e. The van der Waals surface area contributed by atoms with E-state index in [1.54, 1.807) is 42.5 Å². The van der Waals surface area contributed by atoms with Crippen LogP contribution in [0.4, 0.5) is 21.5 Å². The minimum absolute atomic E-state index is 0.121. The van der Waals surface area contributed by atoms with Crippen molar-refractivity contribution in [3.8, 4) is 0 Å². The first-order valence-electron chi connectivity index (χ1n) is 5.54. The Morgan fingerprint density at radius 2 is 1.61 bits per heavy atom. The SMILES string of the molecule is CC(=O)Nc1ccc(Nc2ccccc2F)cc1. The van der Waals surface area contributed by atoms with Gasteiger partial charge in [0, 0.05) is 18.3 Å². The smallest absolute Gasteiger partial charge is 0.221 e. The van der Waals surface area contributed by atoms with Gasteiger partial charge in [0.15, 0.2) is 0 Å². The van der Waals surface area contributed by atoms with Crippen LogP contribution in [-0.2, 0) is 4.79 Å². The molecule has 18 heavy (non-hydrogen) atoms. The molecule has 0 aliphatic rings. The zero-order valence-corrected chi connectivity index (χ0v) is 9.91. The van der Waals surface area contributed by atoms with Gasteiger partial charge in [0.2, 0.25) is 5.91 Å². The fourth-order valence-corrected chi connectivity index (χ4v) is 1.56. The molecule has 0 bridgehead atoms. The molecule has 0 heterocycles. The van der Waals surface area contributed by atoms with E-state index >= 15 is 0 Å². The molecule has 2 N–H and O–H groups in total. The molecule has 3 nitrogen and oxygen atoms in total. The van der Waals surface area contributed by atoms with Crippen molar-refractivity contribution in [3.63, 3.8) is 0 Å². The molecule has 0 aliphatic heterocycles. The van der Waals surface area contributed by atoms with Crippen molar-refractivity contribution in [2.24, 2.45) is 0 Å². The quantitative estimate of drug-likeness (QED) is 0.867. The Balaban J connectivity index is 2.11. The number of halogens is 1. The maximum atomic E-state index is 13.4. The van der Waals surface area contributed by atoms with Gasteiger partial charge in [-0.25, -0.2) is 4.39 Å². The van der Waals surface area contributed by atoms with Crippen LogP contribution in [0.1, 0.15) is 6.92 Å². The average Bonchev–Trinajstić information content (AvgIpc) is 2.34. The number of amides is 1. The van der Waals surface area contributed by atoms with Gasteiger partial charge in [-0.15, -0.1) is 0 Å². The van der Waals surface area contributed by atoms with Crippen LogP contribution in [0, 0.1) is 5.82 Å². The molecule has 0 atom stereocenters. The number of anilines is 3. The fraction of sp³-hybridized carbons (Fsp3) is 0.0714. The molecule has 2 aromatic rings. The van der Waals surface area contributed by atoms with E-state index in [-0.39, 0.29) is 11.7 Å². The molecule has 0 aromatic heterocycles. The summed E-state index contributed by atoms with van der Waals surface area (Å²) in [5, 5.41) is 5.63. The molecule has 2 rings (SSSR count). The minimum Gasteiger partial charge on any atom is -0.353 e. The summed E-state index contributed by atoms with van der Waals surface area (Å²) in [6.07, 6.45) is 0. The van der Waals surface area contributed by atoms with E-state index in [1.165, 1.54) is 13.0 Å². The second kappa shape index (κ2) is 5.31. The molecule has 0 saturated heterocycles. The van der Waals surface area contributed by atoms with Gasteiger partial charge in [-0.2, -0.15) is 0 Å². The van der Waals surface area contributed by atoms with Gasteiger partial charge in [0.25, 0.3) is 0 Å². The number of hydrogen-bond acceptors (Lipinski definition) is 2. The van der Waals surface area contributed by atoms with E-state index in [2.05, 4.69) is 10.6 Å². The molecule has 0 saturated carbocycles. The van der Waals surface area contributed by atoms with Crippen molar-refractivity contribution < 1.29 is 9.18 Å². The van der Waals surface area contributed by atoms with E-state index in [9.17, 15) is 9.18 Å². The largest absolute Gasteiger partial charge is 0.353 e. The van der Waals surface area contributed by atoms with Gasteiger partial charge in [-0.1, -0.05) is 12.1 Å². The molecule has 0 spiro atoms. The average molecular weight is 244 g/mol. The molecule has 0 fully saturated rings. The van der Waals surface area contributed by atoms with Crippen molar-refractivity contribution in [2.45, 2.75) is 6.92 Å². The molecule has 0 unspecified atom stereocenters. The summed E-state index contributed by atoms with van der Waals surface area (Å²) in [6, 6.07) is 13.5. The van der Waals surface area contributed by atoms with Crippen LogP contribution in [0.5, 0.6) is 0 Å². The molecule has 1 amide bonds. The number of carbonyl (C=O) groups is 1. The second-order valence-corrected chi connectivity index (χ2v) is 3.86. The second-order valence-electron chi connectivity index (χ2n) is 3.86. The van der Waals surface area contributed by atoms with Crippen LogP contribution in [0.25, 0.3) is 0 Å². The number of para-hydroxylation sites is 1. The van der Waals surface area contributed by atoms with Gasteiger partial charge in [0.05, 0.1) is 5.69 Å². The molecule has 0 radical (unpaired) electrons. The number of hydrogen-bond donors (Lipinski definition) is 2. The summed E-state index contributed by atoms with van der Waals surface area (Å²) >= 11 is 0. The Bertz CT molecular complexity index is 552. The lowest BCUT2D eigenvalue weighted by Gasteiger charge is -2.08. The highest BCUT2D eigenvalue weighted by Gasteiger charge is 2.01. The van der Waals surface area contributed by atoms with E-state index in [0.717, 1.165) is 5.69 Å². The summed E-state index contributed by atoms with van der Waals surface area (Å²) in [4.78, 5) is 10.9. The monoisotopic (exact) mass is 244 g/mol. The zero-order chi connectivity index (χ0) is 13.0. The van der Waals surface area contributed by atoms with E-state index in [0.29, 0.717) is 11.4 Å². The van der Waals surface area contributed by atoms with Crippen molar-refractivity contribution >= 4 is 23.0 Å². The first kappa shape index (κ1) is 12.1. The van der Waals surface area contributed by atoms with E-state index < -0.39 is 0 Å². The number of carbonyl (C=O) groups excluding carboxylic acids is 1. The molecule has 92 valence electrons. The number of benzene rings is 2. The van der Waals surface area contributed by atoms with Gasteiger partial charge in [-0.05, 0) is 36.4 Å². The van der Waals surface area contributed by atoms with Crippen molar-refractivity contribution in [2.75, 3.05) is 10.6 Å². The lowest BCUT2D eigenvalue weighted by atomic mass is 10.2. The third-order valence-electron chi connectivity index (χ3n) is 2.36. The highest BCUT2D eigenvalue weighted by molar-refractivity contribution is 5.88. The summed E-state index contributed by atoms with van der Waals surface area (Å²) in [7, 11) is 0. The predicted molar refractivity (Wildman–Crippen MR) is 70.4 cm³/mol. The number of rotatable bonds is 3. The highest BCUT2D eigenvalue weighted by atomic mass is 19.1. The van der Waals surface area contributed by atoms with Crippen molar-refractivity contribution in [1.82, 2.24) is 0 Å². The topological polar surface area (TPSA) is 41.1 Å². The van der Waals surface area contributed by atoms with Gasteiger partial charge >= 0.3 is 0 Å². The highest BCUT2D eigenvalue weighted by Crippen LogP contribution is 2.20. The fourth-order valence-electron chi connectivity index (χ4n) is 1.56. The molecule has 0 aliphatic carbocycles. The first-order valence-corrected chi connectivity index (χ1v) is 5.54. The molecular formula is C14H13FN2O.